The summed E-state index contributed by atoms with van der Waals surface area (Å²) < 4.78 is 0. The maximum Gasteiger partial charge on any atom is 0.00461 e. The van der Waals surface area contributed by atoms with Crippen molar-refractivity contribution in [2.75, 3.05) is 0 Å². The van der Waals surface area contributed by atoms with E-state index in [9.17, 15) is 0 Å². The van der Waals surface area contributed by atoms with E-state index in [1.165, 1.54) is 23.1 Å². The van der Waals surface area contributed by atoms with Gasteiger partial charge in [0.05, 0.1) is 0 Å². The summed E-state index contributed by atoms with van der Waals surface area (Å²) in [5.74, 6) is 0. The van der Waals surface area contributed by atoms with E-state index in [4.69, 9.17) is 0 Å². The van der Waals surface area contributed by atoms with Crippen LogP contribution in [-0.4, -0.2) is 0 Å². The quantitative estimate of drug-likeness (QED) is 0.679. The highest BCUT2D eigenvalue weighted by molar-refractivity contribution is 7.80. The van der Waals surface area contributed by atoms with Gasteiger partial charge >= 0.3 is 0 Å². The first-order valence-corrected chi connectivity index (χ1v) is 7.13. The summed E-state index contributed by atoms with van der Waals surface area (Å²) in [6.45, 7) is 6.21. The molecule has 0 saturated heterocycles. The molecule has 0 atom stereocenters. The average molecular weight is 258 g/mol. The Morgan fingerprint density at radius 3 is 2.33 bits per heavy atom. The molecule has 18 heavy (non-hydrogen) atoms. The predicted octanol–water partition coefficient (Wildman–Crippen LogP) is 5.62. The molecule has 0 aliphatic heterocycles. The molecule has 0 spiro atoms. The van der Waals surface area contributed by atoms with Gasteiger partial charge in [-0.05, 0) is 35.2 Å². The number of benzene rings is 2. The molecular weight excluding hydrogens is 236 g/mol. The van der Waals surface area contributed by atoms with Gasteiger partial charge in [0.2, 0.25) is 0 Å². The fourth-order valence-electron chi connectivity index (χ4n) is 1.96. The van der Waals surface area contributed by atoms with E-state index >= 15 is 0 Å². The Balaban J connectivity index is 0.000000771. The molecule has 0 fully saturated rings. The first-order valence-electron chi connectivity index (χ1n) is 6.68. The molecule has 1 heteroatoms. The molecule has 0 bridgehead atoms. The number of hydrogen-bond donors (Lipinski definition) is 1. The van der Waals surface area contributed by atoms with E-state index in [2.05, 4.69) is 62.0 Å². The van der Waals surface area contributed by atoms with Crippen LogP contribution in [0.4, 0.5) is 0 Å². The van der Waals surface area contributed by atoms with Gasteiger partial charge in [-0.2, -0.15) is 0 Å². The molecule has 2 aromatic carbocycles. The van der Waals surface area contributed by atoms with Crippen LogP contribution >= 0.6 is 12.6 Å². The zero-order valence-corrected chi connectivity index (χ0v) is 12.4. The van der Waals surface area contributed by atoms with Crippen molar-refractivity contribution < 1.29 is 0 Å². The summed E-state index contributed by atoms with van der Waals surface area (Å²) in [6.07, 6.45) is 2.31. The van der Waals surface area contributed by atoms with Crippen LogP contribution in [-0.2, 0) is 6.42 Å². The van der Waals surface area contributed by atoms with E-state index in [1.54, 1.807) is 0 Å². The van der Waals surface area contributed by atoms with Gasteiger partial charge in [-0.1, -0.05) is 63.6 Å². The number of thiol groups is 1. The molecular formula is C17H22S. The lowest BCUT2D eigenvalue weighted by Gasteiger charge is -2.09. The minimum absolute atomic E-state index is 1.02. The topological polar surface area (TPSA) is 0 Å². The molecule has 0 nitrogen and oxygen atoms in total. The highest BCUT2D eigenvalue weighted by atomic mass is 32.1. The van der Waals surface area contributed by atoms with Crippen LogP contribution in [0.3, 0.4) is 0 Å². The van der Waals surface area contributed by atoms with Gasteiger partial charge in [-0.3, -0.25) is 0 Å². The second kappa shape index (κ2) is 7.99. The van der Waals surface area contributed by atoms with Crippen LogP contribution in [0, 0.1) is 0 Å². The fourth-order valence-corrected chi connectivity index (χ4v) is 2.19. The number of hydrogen-bond acceptors (Lipinski definition) is 1. The van der Waals surface area contributed by atoms with Crippen LogP contribution < -0.4 is 0 Å². The highest BCUT2D eigenvalue weighted by Gasteiger charge is 2.03. The fraction of sp³-hybridized carbons (Fsp3) is 0.294. The first-order chi connectivity index (χ1) is 8.81. The number of aryl methyl sites for hydroxylation is 1. The van der Waals surface area contributed by atoms with Gasteiger partial charge in [0, 0.05) is 4.90 Å². The Morgan fingerprint density at radius 2 is 1.67 bits per heavy atom. The Hall–Kier alpha value is -1.21. The molecule has 2 aromatic rings. The molecule has 0 aliphatic rings. The van der Waals surface area contributed by atoms with Crippen molar-refractivity contribution in [2.45, 2.75) is 38.5 Å². The molecule has 0 radical (unpaired) electrons. The van der Waals surface area contributed by atoms with Gasteiger partial charge in [0.1, 0.15) is 0 Å². The molecule has 0 heterocycles. The van der Waals surface area contributed by atoms with Crippen LogP contribution in [0.15, 0.2) is 53.4 Å². The van der Waals surface area contributed by atoms with Crippen molar-refractivity contribution in [1.82, 2.24) is 0 Å². The molecule has 0 aromatic heterocycles. The normalized spacial score (nSPS) is 9.56. The molecule has 0 unspecified atom stereocenters. The summed E-state index contributed by atoms with van der Waals surface area (Å²) in [4.78, 5) is 1.02. The smallest absolute Gasteiger partial charge is 0.00461 e. The van der Waals surface area contributed by atoms with Crippen molar-refractivity contribution in [3.05, 3.63) is 54.1 Å². The van der Waals surface area contributed by atoms with Crippen molar-refractivity contribution in [3.63, 3.8) is 0 Å². The third kappa shape index (κ3) is 3.92. The first kappa shape index (κ1) is 14.8. The molecule has 0 N–H and O–H groups in total. The zero-order chi connectivity index (χ0) is 13.4. The van der Waals surface area contributed by atoms with E-state index in [-0.39, 0.29) is 0 Å². The Labute approximate surface area is 116 Å². The summed E-state index contributed by atoms with van der Waals surface area (Å²) in [5, 5.41) is 0. The van der Waals surface area contributed by atoms with E-state index in [0.717, 1.165) is 11.3 Å². The molecule has 96 valence electrons. The standard InChI is InChI=1S/C15H16S.C2H6/c1-2-6-12-7-3-4-10-15(12)13-8-5-9-14(16)11-13;1-2/h3-5,7-11,16H,2,6H2,1H3;1-2H3. The van der Waals surface area contributed by atoms with Gasteiger partial charge in [0.25, 0.3) is 0 Å². The van der Waals surface area contributed by atoms with E-state index in [0.29, 0.717) is 0 Å². The van der Waals surface area contributed by atoms with Crippen LogP contribution in [0.1, 0.15) is 32.8 Å². The summed E-state index contributed by atoms with van der Waals surface area (Å²) in [5.41, 5.74) is 4.01. The monoisotopic (exact) mass is 258 g/mol. The summed E-state index contributed by atoms with van der Waals surface area (Å²) >= 11 is 4.39. The van der Waals surface area contributed by atoms with Gasteiger partial charge < -0.3 is 0 Å². The van der Waals surface area contributed by atoms with Crippen molar-refractivity contribution >= 4 is 12.6 Å². The van der Waals surface area contributed by atoms with E-state index in [1.807, 2.05) is 19.9 Å². The van der Waals surface area contributed by atoms with Gasteiger partial charge in [0.15, 0.2) is 0 Å². The van der Waals surface area contributed by atoms with Crippen LogP contribution in [0.2, 0.25) is 0 Å². The third-order valence-corrected chi connectivity index (χ3v) is 2.97. The molecule has 2 rings (SSSR count). The number of rotatable bonds is 3. The summed E-state index contributed by atoms with van der Waals surface area (Å²) in [7, 11) is 0. The predicted molar refractivity (Wildman–Crippen MR) is 84.5 cm³/mol. The lowest BCUT2D eigenvalue weighted by atomic mass is 9.97. The Bertz CT molecular complexity index is 475. The van der Waals surface area contributed by atoms with Crippen LogP contribution in [0.5, 0.6) is 0 Å². The molecule has 0 amide bonds. The third-order valence-electron chi connectivity index (χ3n) is 2.69. The maximum atomic E-state index is 4.39. The summed E-state index contributed by atoms with van der Waals surface area (Å²) in [6, 6.07) is 16.9. The second-order valence-corrected chi connectivity index (χ2v) is 4.47. The Kier molecular flexibility index (Phi) is 6.59. The molecule has 0 aliphatic carbocycles. The van der Waals surface area contributed by atoms with Gasteiger partial charge in [-0.25, -0.2) is 0 Å². The molecule has 0 saturated carbocycles. The minimum atomic E-state index is 1.02. The van der Waals surface area contributed by atoms with Crippen LogP contribution in [0.25, 0.3) is 11.1 Å². The van der Waals surface area contributed by atoms with Crippen molar-refractivity contribution in [3.8, 4) is 11.1 Å². The largest absolute Gasteiger partial charge is 0.143 e. The van der Waals surface area contributed by atoms with E-state index < -0.39 is 0 Å². The van der Waals surface area contributed by atoms with Crippen molar-refractivity contribution in [1.29, 1.82) is 0 Å². The maximum absolute atomic E-state index is 4.39. The average Bonchev–Trinajstić information content (AvgIpc) is 2.42. The lowest BCUT2D eigenvalue weighted by molar-refractivity contribution is 0.923. The van der Waals surface area contributed by atoms with Crippen molar-refractivity contribution in [2.24, 2.45) is 0 Å². The second-order valence-electron chi connectivity index (χ2n) is 3.96. The SMILES string of the molecule is CC.CCCc1ccccc1-c1cccc(S)c1. The lowest BCUT2D eigenvalue weighted by Crippen LogP contribution is -1.88. The highest BCUT2D eigenvalue weighted by Crippen LogP contribution is 2.26. The zero-order valence-electron chi connectivity index (χ0n) is 11.5. The Morgan fingerprint density at radius 1 is 0.944 bits per heavy atom. The minimum Gasteiger partial charge on any atom is -0.143 e. The van der Waals surface area contributed by atoms with Gasteiger partial charge in [-0.15, -0.1) is 12.6 Å².